The Hall–Kier alpha value is -2.83. The molecule has 0 spiro atoms. The lowest BCUT2D eigenvalue weighted by atomic mass is 10.2. The highest BCUT2D eigenvalue weighted by Crippen LogP contribution is 2.17. The lowest BCUT2D eigenvalue weighted by Gasteiger charge is -2.05. The fourth-order valence-electron chi connectivity index (χ4n) is 1.63. The quantitative estimate of drug-likeness (QED) is 0.750. The summed E-state index contributed by atoms with van der Waals surface area (Å²) in [6.07, 6.45) is 4.83. The smallest absolute Gasteiger partial charge is 0.240 e. The van der Waals surface area contributed by atoms with E-state index in [1.54, 1.807) is 35.4 Å². The zero-order valence-electron chi connectivity index (χ0n) is 9.73. The highest BCUT2D eigenvalue weighted by atomic mass is 19.1. The maximum absolute atomic E-state index is 13.2. The Morgan fingerprint density at radius 1 is 1.16 bits per heavy atom. The monoisotopic (exact) mass is 256 g/mol. The van der Waals surface area contributed by atoms with Gasteiger partial charge in [-0.15, -0.1) is 0 Å². The first-order valence-corrected chi connectivity index (χ1v) is 5.48. The Bertz CT molecular complexity index is 710. The Kier molecular flexibility index (Phi) is 2.64. The Morgan fingerprint density at radius 2 is 2.05 bits per heavy atom. The number of hydrogen-bond donors (Lipinski definition) is 1. The average molecular weight is 256 g/mol. The van der Waals surface area contributed by atoms with Gasteiger partial charge >= 0.3 is 0 Å². The van der Waals surface area contributed by atoms with Crippen LogP contribution in [0.25, 0.3) is 17.3 Å². The molecule has 3 aromatic rings. The van der Waals surface area contributed by atoms with E-state index in [9.17, 15) is 4.39 Å². The number of nitrogens with two attached hydrogens (primary N) is 1. The number of benzene rings is 1. The summed E-state index contributed by atoms with van der Waals surface area (Å²) in [5, 5.41) is 0. The Morgan fingerprint density at radius 3 is 2.79 bits per heavy atom. The average Bonchev–Trinajstić information content (AvgIpc) is 2.92. The summed E-state index contributed by atoms with van der Waals surface area (Å²) in [5.74, 6) is 0.360. The van der Waals surface area contributed by atoms with E-state index in [0.29, 0.717) is 17.3 Å². The molecule has 0 unspecified atom stereocenters. The van der Waals surface area contributed by atoms with Gasteiger partial charge in [0.2, 0.25) is 11.9 Å². The summed E-state index contributed by atoms with van der Waals surface area (Å²) < 4.78 is 14.8. The molecule has 2 aromatic heterocycles. The summed E-state index contributed by atoms with van der Waals surface area (Å²) in [5.41, 5.74) is 6.19. The molecule has 0 fully saturated rings. The van der Waals surface area contributed by atoms with Crippen molar-refractivity contribution in [3.8, 4) is 17.3 Å². The second-order valence-corrected chi connectivity index (χ2v) is 3.80. The number of imidazole rings is 1. The van der Waals surface area contributed by atoms with Crippen molar-refractivity contribution in [2.24, 2.45) is 0 Å². The van der Waals surface area contributed by atoms with Crippen molar-refractivity contribution in [2.75, 3.05) is 5.73 Å². The molecule has 2 heterocycles. The van der Waals surface area contributed by atoms with E-state index in [0.717, 1.165) is 0 Å². The predicted molar refractivity (Wildman–Crippen MR) is 66.8 cm³/mol. The normalized spacial score (nSPS) is 10.6. The van der Waals surface area contributed by atoms with Gasteiger partial charge in [-0.2, -0.15) is 15.0 Å². The van der Waals surface area contributed by atoms with Gasteiger partial charge in [-0.25, -0.2) is 9.37 Å². The van der Waals surface area contributed by atoms with Crippen LogP contribution in [0.5, 0.6) is 0 Å². The lowest BCUT2D eigenvalue weighted by Crippen LogP contribution is -2.06. The van der Waals surface area contributed by atoms with Crippen LogP contribution in [0.4, 0.5) is 10.3 Å². The van der Waals surface area contributed by atoms with Gasteiger partial charge in [0.25, 0.3) is 0 Å². The van der Waals surface area contributed by atoms with Crippen LogP contribution in [0, 0.1) is 5.82 Å². The summed E-state index contributed by atoms with van der Waals surface area (Å²) in [6, 6.07) is 5.98. The minimum Gasteiger partial charge on any atom is -0.368 e. The predicted octanol–water partition coefficient (Wildman–Crippen LogP) is 1.45. The SMILES string of the molecule is Nc1nc(-c2cccc(F)c2)nc(-n2ccnc2)n1. The van der Waals surface area contributed by atoms with Gasteiger partial charge in [0.05, 0.1) is 0 Å². The lowest BCUT2D eigenvalue weighted by molar-refractivity contribution is 0.628. The molecule has 0 aliphatic carbocycles. The number of halogens is 1. The van der Waals surface area contributed by atoms with Gasteiger partial charge in [-0.1, -0.05) is 12.1 Å². The molecule has 1 aromatic carbocycles. The van der Waals surface area contributed by atoms with E-state index < -0.39 is 0 Å². The molecule has 7 heteroatoms. The first-order valence-electron chi connectivity index (χ1n) is 5.48. The molecular weight excluding hydrogens is 247 g/mol. The van der Waals surface area contributed by atoms with Crippen LogP contribution >= 0.6 is 0 Å². The number of nitrogen functional groups attached to an aromatic ring is 1. The maximum Gasteiger partial charge on any atom is 0.240 e. The van der Waals surface area contributed by atoms with Crippen molar-refractivity contribution in [1.29, 1.82) is 0 Å². The van der Waals surface area contributed by atoms with E-state index in [1.165, 1.54) is 12.1 Å². The van der Waals surface area contributed by atoms with Crippen molar-refractivity contribution >= 4 is 5.95 Å². The van der Waals surface area contributed by atoms with Gasteiger partial charge in [-0.05, 0) is 12.1 Å². The van der Waals surface area contributed by atoms with Gasteiger partial charge in [-0.3, -0.25) is 4.57 Å². The number of anilines is 1. The molecule has 0 saturated carbocycles. The van der Waals surface area contributed by atoms with Crippen LogP contribution in [-0.2, 0) is 0 Å². The zero-order valence-corrected chi connectivity index (χ0v) is 9.73. The summed E-state index contributed by atoms with van der Waals surface area (Å²) in [4.78, 5) is 16.2. The Labute approximate surface area is 107 Å². The highest BCUT2D eigenvalue weighted by Gasteiger charge is 2.08. The molecular formula is C12H9FN6. The third-order valence-corrected chi connectivity index (χ3v) is 2.46. The second kappa shape index (κ2) is 4.45. The zero-order chi connectivity index (χ0) is 13.2. The third kappa shape index (κ3) is 2.25. The largest absolute Gasteiger partial charge is 0.368 e. The number of nitrogens with zero attached hydrogens (tertiary/aromatic N) is 5. The van der Waals surface area contributed by atoms with Gasteiger partial charge in [0.15, 0.2) is 5.82 Å². The molecule has 3 rings (SSSR count). The number of rotatable bonds is 2. The van der Waals surface area contributed by atoms with E-state index in [2.05, 4.69) is 19.9 Å². The Balaban J connectivity index is 2.12. The molecule has 94 valence electrons. The summed E-state index contributed by atoms with van der Waals surface area (Å²) in [7, 11) is 0. The van der Waals surface area contributed by atoms with Crippen molar-refractivity contribution in [3.63, 3.8) is 0 Å². The van der Waals surface area contributed by atoms with Gasteiger partial charge < -0.3 is 5.73 Å². The first kappa shape index (κ1) is 11.3. The van der Waals surface area contributed by atoms with E-state index in [-0.39, 0.29) is 11.8 Å². The third-order valence-electron chi connectivity index (χ3n) is 2.46. The minimum absolute atomic E-state index is 0.0676. The van der Waals surface area contributed by atoms with Crippen molar-refractivity contribution in [3.05, 3.63) is 48.8 Å². The van der Waals surface area contributed by atoms with Crippen LogP contribution in [0.15, 0.2) is 43.0 Å². The fraction of sp³-hybridized carbons (Fsp3) is 0. The second-order valence-electron chi connectivity index (χ2n) is 3.80. The first-order chi connectivity index (χ1) is 9.22. The number of hydrogen-bond acceptors (Lipinski definition) is 5. The van der Waals surface area contributed by atoms with E-state index >= 15 is 0 Å². The van der Waals surface area contributed by atoms with Crippen LogP contribution < -0.4 is 5.73 Å². The molecule has 0 amide bonds. The molecule has 0 aliphatic heterocycles. The van der Waals surface area contributed by atoms with Gasteiger partial charge in [0.1, 0.15) is 12.1 Å². The van der Waals surface area contributed by atoms with Gasteiger partial charge in [0, 0.05) is 18.0 Å². The highest BCUT2D eigenvalue weighted by molar-refractivity contribution is 5.56. The standard InChI is InChI=1S/C12H9FN6/c13-9-3-1-2-8(6-9)10-16-11(14)18-12(17-10)19-5-4-15-7-19/h1-7H,(H2,14,16,17,18). The molecule has 0 saturated heterocycles. The van der Waals surface area contributed by atoms with E-state index in [4.69, 9.17) is 5.73 Å². The fourth-order valence-corrected chi connectivity index (χ4v) is 1.63. The molecule has 6 nitrogen and oxygen atoms in total. The molecule has 19 heavy (non-hydrogen) atoms. The van der Waals surface area contributed by atoms with E-state index in [1.807, 2.05) is 0 Å². The molecule has 2 N–H and O–H groups in total. The van der Waals surface area contributed by atoms with Crippen LogP contribution in [0.2, 0.25) is 0 Å². The van der Waals surface area contributed by atoms with Crippen LogP contribution in [0.3, 0.4) is 0 Å². The molecule has 0 bridgehead atoms. The maximum atomic E-state index is 13.2. The number of aromatic nitrogens is 5. The summed E-state index contributed by atoms with van der Waals surface area (Å²) in [6.45, 7) is 0. The van der Waals surface area contributed by atoms with Crippen LogP contribution in [0.1, 0.15) is 0 Å². The minimum atomic E-state index is -0.360. The molecule has 0 aliphatic rings. The topological polar surface area (TPSA) is 82.5 Å². The van der Waals surface area contributed by atoms with Crippen molar-refractivity contribution in [2.45, 2.75) is 0 Å². The summed E-state index contributed by atoms with van der Waals surface area (Å²) >= 11 is 0. The molecule has 0 radical (unpaired) electrons. The van der Waals surface area contributed by atoms with Crippen molar-refractivity contribution in [1.82, 2.24) is 24.5 Å². The molecule has 0 atom stereocenters. The van der Waals surface area contributed by atoms with Crippen molar-refractivity contribution < 1.29 is 4.39 Å². The van der Waals surface area contributed by atoms with Crippen LogP contribution in [-0.4, -0.2) is 24.5 Å².